The highest BCUT2D eigenvalue weighted by Gasteiger charge is 2.63. The minimum atomic E-state index is -2.21. The lowest BCUT2D eigenvalue weighted by Crippen LogP contribution is -2.63. The van der Waals surface area contributed by atoms with Crippen LogP contribution in [0.1, 0.15) is 12.6 Å². The van der Waals surface area contributed by atoms with E-state index in [-0.39, 0.29) is 23.5 Å². The number of nitrogens with two attached hydrogens (primary N) is 2. The van der Waals surface area contributed by atoms with Crippen LogP contribution >= 0.6 is 0 Å². The second kappa shape index (κ2) is 5.24. The van der Waals surface area contributed by atoms with E-state index in [9.17, 15) is 24.9 Å². The standard InChI is InChI=1S/C12H16N6O6/c13-9(22)12(3-20)11(23,2-19)1-5(24-12)18-4-15-6-7(18)16-10(14)17-8(6)21/h4-5,19-20,23H,1-3H2,(H2,13,22)(H3,14,16,17,21)/t5-,11-,12+/m1/s1. The fourth-order valence-electron chi connectivity index (χ4n) is 2.89. The Balaban J connectivity index is 2.13. The number of hydrogen-bond acceptors (Lipinski definition) is 9. The van der Waals surface area contributed by atoms with Gasteiger partial charge in [0.15, 0.2) is 11.2 Å². The normalized spacial score (nSPS) is 30.0. The molecule has 0 bridgehead atoms. The number of carbonyl (C=O) groups is 1. The van der Waals surface area contributed by atoms with E-state index < -0.39 is 42.1 Å². The van der Waals surface area contributed by atoms with Gasteiger partial charge in [0.2, 0.25) is 11.5 Å². The molecule has 0 spiro atoms. The van der Waals surface area contributed by atoms with Gasteiger partial charge in [-0.15, -0.1) is 0 Å². The Morgan fingerprint density at radius 3 is 2.75 bits per heavy atom. The van der Waals surface area contributed by atoms with Gasteiger partial charge in [-0.05, 0) is 0 Å². The maximum Gasteiger partial charge on any atom is 0.280 e. The molecule has 0 aromatic carbocycles. The number of aliphatic hydroxyl groups is 3. The van der Waals surface area contributed by atoms with Gasteiger partial charge in [0.05, 0.1) is 19.5 Å². The number of aromatic nitrogens is 4. The van der Waals surface area contributed by atoms with Crippen LogP contribution in [0.3, 0.4) is 0 Å². The number of nitrogens with one attached hydrogen (secondary N) is 1. The Morgan fingerprint density at radius 2 is 2.21 bits per heavy atom. The Kier molecular flexibility index (Phi) is 3.56. The molecule has 2 aromatic heterocycles. The largest absolute Gasteiger partial charge is 0.393 e. The first-order chi connectivity index (χ1) is 11.3. The predicted octanol–water partition coefficient (Wildman–Crippen LogP) is -3.44. The topological polar surface area (TPSA) is 203 Å². The molecule has 1 aliphatic rings. The smallest absolute Gasteiger partial charge is 0.280 e. The van der Waals surface area contributed by atoms with Crippen molar-refractivity contribution in [3.05, 3.63) is 16.7 Å². The molecule has 130 valence electrons. The molecule has 1 aliphatic heterocycles. The van der Waals surface area contributed by atoms with Gasteiger partial charge < -0.3 is 31.5 Å². The highest BCUT2D eigenvalue weighted by Crippen LogP contribution is 2.44. The highest BCUT2D eigenvalue weighted by molar-refractivity contribution is 5.86. The fraction of sp³-hybridized carbons (Fsp3) is 0.500. The van der Waals surface area contributed by atoms with Crippen molar-refractivity contribution < 1.29 is 24.9 Å². The van der Waals surface area contributed by atoms with Crippen LogP contribution in [0, 0.1) is 0 Å². The van der Waals surface area contributed by atoms with Gasteiger partial charge in [0.25, 0.3) is 11.5 Å². The van der Waals surface area contributed by atoms with E-state index >= 15 is 0 Å². The molecule has 1 amide bonds. The number of nitrogens with zero attached hydrogens (tertiary/aromatic N) is 3. The quantitative estimate of drug-likeness (QED) is 0.327. The predicted molar refractivity (Wildman–Crippen MR) is 78.3 cm³/mol. The SMILES string of the molecule is NC(=O)[C@]1(CO)O[C@@H](n2cnc3c(=O)[nH]c(N)nc32)C[C@@]1(O)CO. The van der Waals surface area contributed by atoms with Crippen molar-refractivity contribution in [1.29, 1.82) is 0 Å². The van der Waals surface area contributed by atoms with Crippen LogP contribution in [0.25, 0.3) is 11.2 Å². The minimum Gasteiger partial charge on any atom is -0.393 e. The number of primary amides is 1. The number of amides is 1. The summed E-state index contributed by atoms with van der Waals surface area (Å²) in [6, 6.07) is 0. The van der Waals surface area contributed by atoms with Crippen molar-refractivity contribution in [2.24, 2.45) is 5.73 Å². The molecule has 2 aromatic rings. The van der Waals surface area contributed by atoms with Crippen molar-refractivity contribution >= 4 is 23.0 Å². The van der Waals surface area contributed by atoms with Gasteiger partial charge in [-0.1, -0.05) is 0 Å². The average molecular weight is 340 g/mol. The van der Waals surface area contributed by atoms with Gasteiger partial charge in [-0.3, -0.25) is 19.1 Å². The number of ether oxygens (including phenoxy) is 1. The molecule has 12 heteroatoms. The lowest BCUT2D eigenvalue weighted by molar-refractivity contribution is -0.186. The van der Waals surface area contributed by atoms with E-state index in [0.29, 0.717) is 0 Å². The zero-order valence-electron chi connectivity index (χ0n) is 12.3. The van der Waals surface area contributed by atoms with Crippen LogP contribution in [0.2, 0.25) is 0 Å². The summed E-state index contributed by atoms with van der Waals surface area (Å²) < 4.78 is 6.76. The zero-order chi connectivity index (χ0) is 17.7. The lowest BCUT2D eigenvalue weighted by atomic mass is 9.83. The van der Waals surface area contributed by atoms with Crippen LogP contribution < -0.4 is 17.0 Å². The molecule has 3 heterocycles. The Hall–Kier alpha value is -2.54. The van der Waals surface area contributed by atoms with E-state index in [1.807, 2.05) is 0 Å². The summed E-state index contributed by atoms with van der Waals surface area (Å²) in [5.74, 6) is -1.30. The van der Waals surface area contributed by atoms with Gasteiger partial charge in [-0.25, -0.2) is 4.98 Å². The Morgan fingerprint density at radius 1 is 1.50 bits per heavy atom. The summed E-state index contributed by atoms with van der Waals surface area (Å²) in [4.78, 5) is 33.7. The molecule has 8 N–H and O–H groups in total. The summed E-state index contributed by atoms with van der Waals surface area (Å²) in [6.45, 7) is -1.82. The third kappa shape index (κ3) is 2.01. The van der Waals surface area contributed by atoms with Gasteiger partial charge >= 0.3 is 0 Å². The number of H-pyrrole nitrogens is 1. The van der Waals surface area contributed by atoms with Gasteiger partial charge in [-0.2, -0.15) is 4.98 Å². The highest BCUT2D eigenvalue weighted by atomic mass is 16.6. The molecule has 3 atom stereocenters. The third-order valence-corrected chi connectivity index (χ3v) is 4.24. The molecule has 1 saturated heterocycles. The minimum absolute atomic E-state index is 0.0269. The van der Waals surface area contributed by atoms with Crippen molar-refractivity contribution in [3.63, 3.8) is 0 Å². The number of hydrogen-bond donors (Lipinski definition) is 6. The number of imidazole rings is 1. The second-order valence-electron chi connectivity index (χ2n) is 5.59. The molecule has 3 rings (SSSR count). The molecule has 0 aliphatic carbocycles. The molecule has 24 heavy (non-hydrogen) atoms. The van der Waals surface area contributed by atoms with Crippen molar-refractivity contribution in [2.45, 2.75) is 23.9 Å². The number of nitrogen functional groups attached to an aromatic ring is 1. The van der Waals surface area contributed by atoms with E-state index in [1.54, 1.807) is 0 Å². The summed E-state index contributed by atoms with van der Waals surface area (Å²) in [5.41, 5.74) is 5.89. The molecule has 0 radical (unpaired) electrons. The molecule has 1 fully saturated rings. The van der Waals surface area contributed by atoms with Gasteiger partial charge in [0.1, 0.15) is 11.8 Å². The Bertz CT molecular complexity index is 863. The van der Waals surface area contributed by atoms with Gasteiger partial charge in [0, 0.05) is 6.42 Å². The van der Waals surface area contributed by atoms with E-state index in [2.05, 4.69) is 15.0 Å². The number of aromatic amines is 1. The first-order valence-electron chi connectivity index (χ1n) is 6.92. The number of anilines is 1. The first kappa shape index (κ1) is 16.3. The third-order valence-electron chi connectivity index (χ3n) is 4.24. The zero-order valence-corrected chi connectivity index (χ0v) is 12.3. The summed E-state index contributed by atoms with van der Waals surface area (Å²) in [7, 11) is 0. The number of fused-ring (bicyclic) bond motifs is 1. The van der Waals surface area contributed by atoms with Crippen LogP contribution in [-0.2, 0) is 9.53 Å². The van der Waals surface area contributed by atoms with Crippen molar-refractivity contribution in [1.82, 2.24) is 19.5 Å². The summed E-state index contributed by atoms with van der Waals surface area (Å²) in [6.07, 6.45) is -0.156. The maximum atomic E-state index is 11.8. The fourth-order valence-corrected chi connectivity index (χ4v) is 2.89. The second-order valence-corrected chi connectivity index (χ2v) is 5.59. The van der Waals surface area contributed by atoms with Crippen molar-refractivity contribution in [3.8, 4) is 0 Å². The summed E-state index contributed by atoms with van der Waals surface area (Å²) in [5, 5.41) is 29.6. The van der Waals surface area contributed by atoms with E-state index in [1.165, 1.54) is 10.9 Å². The summed E-state index contributed by atoms with van der Waals surface area (Å²) >= 11 is 0. The Labute approximate surface area is 133 Å². The molecular formula is C12H16N6O6. The number of aliphatic hydroxyl groups excluding tert-OH is 2. The van der Waals surface area contributed by atoms with Crippen LogP contribution in [-0.4, -0.2) is 65.2 Å². The lowest BCUT2D eigenvalue weighted by Gasteiger charge is -2.34. The monoisotopic (exact) mass is 340 g/mol. The van der Waals surface area contributed by atoms with Crippen LogP contribution in [0.15, 0.2) is 11.1 Å². The van der Waals surface area contributed by atoms with E-state index in [0.717, 1.165) is 0 Å². The molecule has 0 saturated carbocycles. The maximum absolute atomic E-state index is 11.8. The first-order valence-corrected chi connectivity index (χ1v) is 6.92. The molecule has 0 unspecified atom stereocenters. The van der Waals surface area contributed by atoms with Crippen LogP contribution in [0.4, 0.5) is 5.95 Å². The molecular weight excluding hydrogens is 324 g/mol. The molecule has 12 nitrogen and oxygen atoms in total. The van der Waals surface area contributed by atoms with Crippen molar-refractivity contribution in [2.75, 3.05) is 18.9 Å². The number of rotatable bonds is 4. The average Bonchev–Trinajstić information content (AvgIpc) is 3.07. The number of carbonyl (C=O) groups excluding carboxylic acids is 1. The van der Waals surface area contributed by atoms with Crippen LogP contribution in [0.5, 0.6) is 0 Å². The van der Waals surface area contributed by atoms with E-state index in [4.69, 9.17) is 16.2 Å².